The predicted molar refractivity (Wildman–Crippen MR) is 79.0 cm³/mol. The lowest BCUT2D eigenvalue weighted by molar-refractivity contribution is 0.145. The van der Waals surface area contributed by atoms with E-state index in [1.165, 1.54) is 0 Å². The van der Waals surface area contributed by atoms with Crippen LogP contribution in [0.3, 0.4) is 0 Å². The van der Waals surface area contributed by atoms with Crippen LogP contribution in [0, 0.1) is 0 Å². The SMILES string of the molecule is CNC(c1ccncc1)c1ccccc1OCCOC. The third-order valence-electron chi connectivity index (χ3n) is 3.10. The number of methoxy groups -OCH3 is 1. The molecule has 0 aliphatic heterocycles. The molecule has 0 fully saturated rings. The third-order valence-corrected chi connectivity index (χ3v) is 3.10. The Hall–Kier alpha value is -1.91. The summed E-state index contributed by atoms with van der Waals surface area (Å²) in [5, 5.41) is 3.33. The summed E-state index contributed by atoms with van der Waals surface area (Å²) in [6, 6.07) is 12.1. The lowest BCUT2D eigenvalue weighted by Gasteiger charge is -2.20. The Morgan fingerprint density at radius 3 is 2.55 bits per heavy atom. The van der Waals surface area contributed by atoms with Crippen LogP contribution in [0.1, 0.15) is 17.2 Å². The van der Waals surface area contributed by atoms with Crippen molar-refractivity contribution in [2.45, 2.75) is 6.04 Å². The van der Waals surface area contributed by atoms with E-state index in [2.05, 4.69) is 16.4 Å². The number of nitrogens with zero attached hydrogens (tertiary/aromatic N) is 1. The quantitative estimate of drug-likeness (QED) is 0.786. The zero-order valence-corrected chi connectivity index (χ0v) is 11.9. The number of nitrogens with one attached hydrogen (secondary N) is 1. The summed E-state index contributed by atoms with van der Waals surface area (Å²) in [6.07, 6.45) is 3.60. The Balaban J connectivity index is 2.25. The first-order valence-electron chi connectivity index (χ1n) is 6.64. The number of para-hydroxylation sites is 1. The van der Waals surface area contributed by atoms with Gasteiger partial charge in [-0.15, -0.1) is 0 Å². The minimum absolute atomic E-state index is 0.0803. The van der Waals surface area contributed by atoms with Crippen LogP contribution in [-0.4, -0.2) is 32.4 Å². The zero-order valence-electron chi connectivity index (χ0n) is 11.9. The Morgan fingerprint density at radius 1 is 1.10 bits per heavy atom. The summed E-state index contributed by atoms with van der Waals surface area (Å²) in [6.45, 7) is 1.12. The van der Waals surface area contributed by atoms with Gasteiger partial charge in [-0.3, -0.25) is 4.98 Å². The Morgan fingerprint density at radius 2 is 1.85 bits per heavy atom. The second-order valence-electron chi connectivity index (χ2n) is 4.38. The highest BCUT2D eigenvalue weighted by Crippen LogP contribution is 2.29. The molecular formula is C16H20N2O2. The normalized spacial score (nSPS) is 12.1. The van der Waals surface area contributed by atoms with Crippen molar-refractivity contribution in [2.24, 2.45) is 0 Å². The maximum absolute atomic E-state index is 5.80. The van der Waals surface area contributed by atoms with Gasteiger partial charge in [-0.25, -0.2) is 0 Å². The number of hydrogen-bond donors (Lipinski definition) is 1. The lowest BCUT2D eigenvalue weighted by atomic mass is 9.99. The van der Waals surface area contributed by atoms with Crippen molar-refractivity contribution in [1.29, 1.82) is 0 Å². The van der Waals surface area contributed by atoms with Gasteiger partial charge in [-0.05, 0) is 30.8 Å². The van der Waals surface area contributed by atoms with Crippen LogP contribution < -0.4 is 10.1 Å². The summed E-state index contributed by atoms with van der Waals surface area (Å²) < 4.78 is 10.8. The maximum Gasteiger partial charge on any atom is 0.124 e. The highest BCUT2D eigenvalue weighted by Gasteiger charge is 2.16. The fourth-order valence-electron chi connectivity index (χ4n) is 2.14. The summed E-state index contributed by atoms with van der Waals surface area (Å²) in [7, 11) is 3.61. The van der Waals surface area contributed by atoms with E-state index >= 15 is 0 Å². The van der Waals surface area contributed by atoms with Crippen LogP contribution in [0.15, 0.2) is 48.8 Å². The first-order chi connectivity index (χ1) is 9.86. The Labute approximate surface area is 119 Å². The van der Waals surface area contributed by atoms with Gasteiger partial charge in [0.05, 0.1) is 12.6 Å². The molecule has 106 valence electrons. The van der Waals surface area contributed by atoms with Crippen molar-refractivity contribution in [3.05, 3.63) is 59.9 Å². The maximum atomic E-state index is 5.80. The number of ether oxygens (including phenoxy) is 2. The monoisotopic (exact) mass is 272 g/mol. The van der Waals surface area contributed by atoms with Crippen LogP contribution in [0.5, 0.6) is 5.75 Å². The van der Waals surface area contributed by atoms with E-state index in [0.29, 0.717) is 13.2 Å². The number of hydrogen-bond acceptors (Lipinski definition) is 4. The van der Waals surface area contributed by atoms with Crippen LogP contribution in [0.25, 0.3) is 0 Å². The minimum Gasteiger partial charge on any atom is -0.491 e. The predicted octanol–water partition coefficient (Wildman–Crippen LogP) is 2.42. The molecule has 1 unspecified atom stereocenters. The molecule has 4 nitrogen and oxygen atoms in total. The molecule has 0 aliphatic rings. The second kappa shape index (κ2) is 7.62. The third kappa shape index (κ3) is 3.56. The molecule has 1 aromatic heterocycles. The average molecular weight is 272 g/mol. The van der Waals surface area contributed by atoms with E-state index in [1.54, 1.807) is 19.5 Å². The molecule has 2 aromatic rings. The fraction of sp³-hybridized carbons (Fsp3) is 0.312. The molecule has 0 radical (unpaired) electrons. The topological polar surface area (TPSA) is 43.4 Å². The first kappa shape index (κ1) is 14.5. The summed E-state index contributed by atoms with van der Waals surface area (Å²) in [5.74, 6) is 0.876. The van der Waals surface area contributed by atoms with Gasteiger partial charge in [0, 0.05) is 25.1 Å². The largest absolute Gasteiger partial charge is 0.491 e. The molecule has 0 aliphatic carbocycles. The van der Waals surface area contributed by atoms with Crippen LogP contribution >= 0.6 is 0 Å². The summed E-state index contributed by atoms with van der Waals surface area (Å²) >= 11 is 0. The van der Waals surface area contributed by atoms with Crippen LogP contribution in [0.4, 0.5) is 0 Å². The standard InChI is InChI=1S/C16H20N2O2/c1-17-16(13-7-9-18-10-8-13)14-5-3-4-6-15(14)20-12-11-19-2/h3-10,16-17H,11-12H2,1-2H3. The van der Waals surface area contributed by atoms with E-state index in [4.69, 9.17) is 9.47 Å². The highest BCUT2D eigenvalue weighted by atomic mass is 16.5. The lowest BCUT2D eigenvalue weighted by Crippen LogP contribution is -2.19. The van der Waals surface area contributed by atoms with Gasteiger partial charge in [0.25, 0.3) is 0 Å². The van der Waals surface area contributed by atoms with E-state index in [0.717, 1.165) is 16.9 Å². The van der Waals surface area contributed by atoms with E-state index in [-0.39, 0.29) is 6.04 Å². The van der Waals surface area contributed by atoms with Gasteiger partial charge < -0.3 is 14.8 Å². The van der Waals surface area contributed by atoms with Crippen molar-refractivity contribution in [3.8, 4) is 5.75 Å². The molecule has 0 saturated heterocycles. The zero-order chi connectivity index (χ0) is 14.2. The fourth-order valence-corrected chi connectivity index (χ4v) is 2.14. The molecule has 1 heterocycles. The number of aromatic nitrogens is 1. The van der Waals surface area contributed by atoms with Gasteiger partial charge in [0.15, 0.2) is 0 Å². The highest BCUT2D eigenvalue weighted by molar-refractivity contribution is 5.41. The van der Waals surface area contributed by atoms with Gasteiger partial charge in [0.2, 0.25) is 0 Å². The van der Waals surface area contributed by atoms with Gasteiger partial charge in [-0.2, -0.15) is 0 Å². The van der Waals surface area contributed by atoms with Gasteiger partial charge >= 0.3 is 0 Å². The van der Waals surface area contributed by atoms with E-state index in [9.17, 15) is 0 Å². The molecule has 1 N–H and O–H groups in total. The number of benzene rings is 1. The molecule has 0 bridgehead atoms. The molecule has 4 heteroatoms. The molecule has 0 amide bonds. The van der Waals surface area contributed by atoms with Crippen molar-refractivity contribution < 1.29 is 9.47 Å². The van der Waals surface area contributed by atoms with Gasteiger partial charge in [-0.1, -0.05) is 18.2 Å². The van der Waals surface area contributed by atoms with Crippen LogP contribution in [0.2, 0.25) is 0 Å². The molecule has 0 saturated carbocycles. The van der Waals surface area contributed by atoms with Crippen molar-refractivity contribution >= 4 is 0 Å². The van der Waals surface area contributed by atoms with Crippen molar-refractivity contribution in [2.75, 3.05) is 27.4 Å². The first-order valence-corrected chi connectivity index (χ1v) is 6.64. The smallest absolute Gasteiger partial charge is 0.124 e. The number of rotatable bonds is 7. The van der Waals surface area contributed by atoms with Crippen molar-refractivity contribution in [3.63, 3.8) is 0 Å². The van der Waals surface area contributed by atoms with Crippen molar-refractivity contribution in [1.82, 2.24) is 10.3 Å². The molecule has 1 atom stereocenters. The average Bonchev–Trinajstić information content (AvgIpc) is 2.51. The molecule has 1 aromatic carbocycles. The minimum atomic E-state index is 0.0803. The Kier molecular flexibility index (Phi) is 5.53. The number of pyridine rings is 1. The summed E-state index contributed by atoms with van der Waals surface area (Å²) in [5.41, 5.74) is 2.27. The molecule has 20 heavy (non-hydrogen) atoms. The van der Waals surface area contributed by atoms with Crippen LogP contribution in [-0.2, 0) is 4.74 Å². The van der Waals surface area contributed by atoms with E-state index in [1.807, 2.05) is 37.4 Å². The molecular weight excluding hydrogens is 252 g/mol. The molecule has 0 spiro atoms. The van der Waals surface area contributed by atoms with Gasteiger partial charge in [0.1, 0.15) is 12.4 Å². The summed E-state index contributed by atoms with van der Waals surface area (Å²) in [4.78, 5) is 4.06. The van der Waals surface area contributed by atoms with E-state index < -0.39 is 0 Å². The Bertz CT molecular complexity index is 517. The second-order valence-corrected chi connectivity index (χ2v) is 4.38. The molecule has 2 rings (SSSR count).